The van der Waals surface area contributed by atoms with E-state index in [0.717, 1.165) is 5.56 Å². The van der Waals surface area contributed by atoms with Crippen LogP contribution in [-0.2, 0) is 0 Å². The molecule has 14 heavy (non-hydrogen) atoms. The Kier molecular flexibility index (Phi) is 4.08. The highest BCUT2D eigenvalue weighted by Gasteiger charge is 2.15. The lowest BCUT2D eigenvalue weighted by atomic mass is 9.86. The van der Waals surface area contributed by atoms with Crippen molar-refractivity contribution in [3.05, 3.63) is 35.6 Å². The summed E-state index contributed by atoms with van der Waals surface area (Å²) >= 11 is 0. The van der Waals surface area contributed by atoms with Gasteiger partial charge in [0.1, 0.15) is 5.82 Å². The molecule has 1 aromatic rings. The third-order valence-corrected chi connectivity index (χ3v) is 2.52. The van der Waals surface area contributed by atoms with E-state index < -0.39 is 0 Å². The number of hydrogen-bond donors (Lipinski definition) is 1. The lowest BCUT2D eigenvalue weighted by Gasteiger charge is -2.20. The van der Waals surface area contributed by atoms with Gasteiger partial charge in [-0.3, -0.25) is 0 Å². The van der Waals surface area contributed by atoms with E-state index in [0.29, 0.717) is 12.3 Å². The minimum Gasteiger partial charge on any atom is -0.396 e. The van der Waals surface area contributed by atoms with E-state index in [4.69, 9.17) is 5.11 Å². The van der Waals surface area contributed by atoms with Gasteiger partial charge in [0.25, 0.3) is 0 Å². The molecule has 0 radical (unpaired) electrons. The molecule has 1 aromatic carbocycles. The van der Waals surface area contributed by atoms with E-state index >= 15 is 0 Å². The van der Waals surface area contributed by atoms with E-state index in [2.05, 4.69) is 13.8 Å². The molecule has 0 aromatic heterocycles. The van der Waals surface area contributed by atoms with Crippen LogP contribution < -0.4 is 0 Å². The SMILES string of the molecule is CC(C)C(CCO)c1cccc(F)c1. The maximum Gasteiger partial charge on any atom is 0.123 e. The standard InChI is InChI=1S/C12H17FO/c1-9(2)12(6-7-14)10-4-3-5-11(13)8-10/h3-5,8-9,12,14H,6-7H2,1-2H3. The summed E-state index contributed by atoms with van der Waals surface area (Å²) in [4.78, 5) is 0. The third kappa shape index (κ3) is 2.81. The molecule has 0 aliphatic carbocycles. The molecular weight excluding hydrogens is 179 g/mol. The van der Waals surface area contributed by atoms with Crippen molar-refractivity contribution in [2.45, 2.75) is 26.2 Å². The van der Waals surface area contributed by atoms with Crippen molar-refractivity contribution in [2.75, 3.05) is 6.61 Å². The summed E-state index contributed by atoms with van der Waals surface area (Å²) < 4.78 is 13.0. The number of halogens is 1. The second kappa shape index (κ2) is 5.11. The molecule has 0 fully saturated rings. The van der Waals surface area contributed by atoms with Crippen molar-refractivity contribution < 1.29 is 9.50 Å². The molecule has 0 spiro atoms. The highest BCUT2D eigenvalue weighted by atomic mass is 19.1. The van der Waals surface area contributed by atoms with E-state index in [9.17, 15) is 4.39 Å². The summed E-state index contributed by atoms with van der Waals surface area (Å²) in [5, 5.41) is 8.92. The van der Waals surface area contributed by atoms with Crippen molar-refractivity contribution in [2.24, 2.45) is 5.92 Å². The topological polar surface area (TPSA) is 20.2 Å². The van der Waals surface area contributed by atoms with E-state index in [1.54, 1.807) is 12.1 Å². The zero-order chi connectivity index (χ0) is 10.6. The molecule has 2 heteroatoms. The van der Waals surface area contributed by atoms with Gasteiger partial charge in [-0.2, -0.15) is 0 Å². The molecule has 1 nitrogen and oxygen atoms in total. The van der Waals surface area contributed by atoms with Crippen molar-refractivity contribution in [1.82, 2.24) is 0 Å². The van der Waals surface area contributed by atoms with Crippen LogP contribution in [0.25, 0.3) is 0 Å². The van der Waals surface area contributed by atoms with Gasteiger partial charge in [0.2, 0.25) is 0 Å². The fourth-order valence-corrected chi connectivity index (χ4v) is 1.76. The Morgan fingerprint density at radius 3 is 2.57 bits per heavy atom. The quantitative estimate of drug-likeness (QED) is 0.785. The minimum absolute atomic E-state index is 0.152. The van der Waals surface area contributed by atoms with Gasteiger partial charge in [0, 0.05) is 6.61 Å². The molecule has 0 amide bonds. The zero-order valence-corrected chi connectivity index (χ0v) is 8.70. The molecular formula is C12H17FO. The Morgan fingerprint density at radius 2 is 2.07 bits per heavy atom. The molecule has 1 N–H and O–H groups in total. The average Bonchev–Trinajstić information content (AvgIpc) is 2.13. The third-order valence-electron chi connectivity index (χ3n) is 2.52. The van der Waals surface area contributed by atoms with Gasteiger partial charge in [-0.15, -0.1) is 0 Å². The monoisotopic (exact) mass is 196 g/mol. The number of rotatable bonds is 4. The highest BCUT2D eigenvalue weighted by Crippen LogP contribution is 2.27. The molecule has 78 valence electrons. The van der Waals surface area contributed by atoms with Crippen molar-refractivity contribution >= 4 is 0 Å². The van der Waals surface area contributed by atoms with Crippen LogP contribution in [0.3, 0.4) is 0 Å². The zero-order valence-electron chi connectivity index (χ0n) is 8.70. The van der Waals surface area contributed by atoms with Gasteiger partial charge < -0.3 is 5.11 Å². The lowest BCUT2D eigenvalue weighted by molar-refractivity contribution is 0.261. The maximum atomic E-state index is 13.0. The van der Waals surface area contributed by atoms with Crippen LogP contribution in [0.1, 0.15) is 31.7 Å². The molecule has 1 rings (SSSR count). The summed E-state index contributed by atoms with van der Waals surface area (Å²) in [5.41, 5.74) is 0.981. The van der Waals surface area contributed by atoms with Gasteiger partial charge in [0.15, 0.2) is 0 Å². The molecule has 0 aliphatic heterocycles. The van der Waals surface area contributed by atoms with E-state index in [1.807, 2.05) is 6.07 Å². The molecule has 0 saturated carbocycles. The van der Waals surface area contributed by atoms with Crippen LogP contribution >= 0.6 is 0 Å². The van der Waals surface area contributed by atoms with Crippen LogP contribution in [0.2, 0.25) is 0 Å². The summed E-state index contributed by atoms with van der Waals surface area (Å²) in [6, 6.07) is 6.64. The first-order valence-electron chi connectivity index (χ1n) is 5.01. The smallest absolute Gasteiger partial charge is 0.123 e. The molecule has 0 aliphatic rings. The molecule has 1 unspecified atom stereocenters. The first-order chi connectivity index (χ1) is 6.65. The van der Waals surface area contributed by atoms with Crippen LogP contribution in [-0.4, -0.2) is 11.7 Å². The normalized spacial score (nSPS) is 13.2. The minimum atomic E-state index is -0.203. The molecule has 1 atom stereocenters. The Hall–Kier alpha value is -0.890. The Labute approximate surface area is 84.6 Å². The Morgan fingerprint density at radius 1 is 1.36 bits per heavy atom. The Balaban J connectivity index is 2.87. The fraction of sp³-hybridized carbons (Fsp3) is 0.500. The van der Waals surface area contributed by atoms with Crippen molar-refractivity contribution in [3.63, 3.8) is 0 Å². The van der Waals surface area contributed by atoms with Crippen molar-refractivity contribution in [1.29, 1.82) is 0 Å². The van der Waals surface area contributed by atoms with Crippen LogP contribution in [0.15, 0.2) is 24.3 Å². The number of aliphatic hydroxyl groups is 1. The predicted octanol–water partition coefficient (Wildman–Crippen LogP) is 2.95. The molecule has 0 bridgehead atoms. The maximum absolute atomic E-state index is 13.0. The van der Waals surface area contributed by atoms with Gasteiger partial charge in [0.05, 0.1) is 0 Å². The van der Waals surface area contributed by atoms with Crippen LogP contribution in [0.5, 0.6) is 0 Å². The first kappa shape index (κ1) is 11.2. The van der Waals surface area contributed by atoms with Crippen LogP contribution in [0, 0.1) is 11.7 Å². The average molecular weight is 196 g/mol. The lowest BCUT2D eigenvalue weighted by Crippen LogP contribution is -2.08. The second-order valence-electron chi connectivity index (χ2n) is 3.92. The molecule has 0 saturated heterocycles. The van der Waals surface area contributed by atoms with Gasteiger partial charge >= 0.3 is 0 Å². The molecule has 0 heterocycles. The summed E-state index contributed by atoms with van der Waals surface area (Å²) in [6.07, 6.45) is 0.696. The highest BCUT2D eigenvalue weighted by molar-refractivity contribution is 5.21. The second-order valence-corrected chi connectivity index (χ2v) is 3.92. The Bertz CT molecular complexity index is 283. The van der Waals surface area contributed by atoms with E-state index in [-0.39, 0.29) is 18.3 Å². The summed E-state index contributed by atoms with van der Waals surface area (Å²) in [7, 11) is 0. The predicted molar refractivity (Wildman–Crippen MR) is 55.7 cm³/mol. The number of benzene rings is 1. The van der Waals surface area contributed by atoms with Gasteiger partial charge in [-0.25, -0.2) is 4.39 Å². The van der Waals surface area contributed by atoms with Crippen molar-refractivity contribution in [3.8, 4) is 0 Å². The van der Waals surface area contributed by atoms with Crippen LogP contribution in [0.4, 0.5) is 4.39 Å². The summed E-state index contributed by atoms with van der Waals surface area (Å²) in [5.74, 6) is 0.464. The largest absolute Gasteiger partial charge is 0.396 e. The fourth-order valence-electron chi connectivity index (χ4n) is 1.76. The summed E-state index contributed by atoms with van der Waals surface area (Å²) in [6.45, 7) is 4.33. The number of aliphatic hydroxyl groups excluding tert-OH is 1. The van der Waals surface area contributed by atoms with Gasteiger partial charge in [-0.05, 0) is 36.0 Å². The van der Waals surface area contributed by atoms with E-state index in [1.165, 1.54) is 6.07 Å². The first-order valence-corrected chi connectivity index (χ1v) is 5.01. The van der Waals surface area contributed by atoms with Gasteiger partial charge in [-0.1, -0.05) is 26.0 Å². The number of hydrogen-bond acceptors (Lipinski definition) is 1.